The van der Waals surface area contributed by atoms with Gasteiger partial charge in [0.2, 0.25) is 5.91 Å². The molecule has 0 saturated heterocycles. The van der Waals surface area contributed by atoms with E-state index in [1.807, 2.05) is 31.9 Å². The van der Waals surface area contributed by atoms with Gasteiger partial charge in [-0.05, 0) is 26.0 Å². The quantitative estimate of drug-likeness (QED) is 0.795. The van der Waals surface area contributed by atoms with Crippen molar-refractivity contribution in [1.29, 1.82) is 0 Å². The molecule has 0 spiro atoms. The molecular weight excluding hydrogens is 232 g/mol. The molecular formula is C13H16N2O3. The molecule has 0 aliphatic carbocycles. The maximum Gasteiger partial charge on any atom is 0.337 e. The molecule has 1 heterocycles. The number of amides is 1. The highest BCUT2D eigenvalue weighted by Gasteiger charge is 2.34. The van der Waals surface area contributed by atoms with Crippen LogP contribution in [0.2, 0.25) is 0 Å². The lowest BCUT2D eigenvalue weighted by Gasteiger charge is -2.26. The highest BCUT2D eigenvalue weighted by Crippen LogP contribution is 2.35. The smallest absolute Gasteiger partial charge is 0.337 e. The van der Waals surface area contributed by atoms with Gasteiger partial charge in [0, 0.05) is 13.6 Å². The van der Waals surface area contributed by atoms with Crippen molar-refractivity contribution in [3.05, 3.63) is 23.8 Å². The van der Waals surface area contributed by atoms with Gasteiger partial charge in [0.15, 0.2) is 0 Å². The van der Waals surface area contributed by atoms with E-state index in [0.29, 0.717) is 12.2 Å². The van der Waals surface area contributed by atoms with Crippen LogP contribution in [0.15, 0.2) is 18.2 Å². The van der Waals surface area contributed by atoms with Crippen LogP contribution in [0.5, 0.6) is 0 Å². The Bertz CT molecular complexity index is 523. The number of benzene rings is 1. The molecule has 2 N–H and O–H groups in total. The number of hydrogen-bond acceptors (Lipinski definition) is 3. The van der Waals surface area contributed by atoms with E-state index in [-0.39, 0.29) is 11.5 Å². The second kappa shape index (κ2) is 4.01. The zero-order valence-corrected chi connectivity index (χ0v) is 10.7. The van der Waals surface area contributed by atoms with Crippen LogP contribution >= 0.6 is 0 Å². The Balaban J connectivity index is 2.60. The highest BCUT2D eigenvalue weighted by atomic mass is 16.4. The minimum Gasteiger partial charge on any atom is -0.478 e. The number of fused-ring (bicyclic) bond motifs is 1. The average molecular weight is 248 g/mol. The number of nitrogens with one attached hydrogen (secondary N) is 1. The van der Waals surface area contributed by atoms with Crippen molar-refractivity contribution in [2.24, 2.45) is 5.41 Å². The number of rotatable bonds is 1. The molecule has 0 atom stereocenters. The van der Waals surface area contributed by atoms with E-state index in [9.17, 15) is 9.59 Å². The summed E-state index contributed by atoms with van der Waals surface area (Å²) in [5.74, 6) is -1.21. The molecule has 96 valence electrons. The number of carbonyl (C=O) groups is 2. The summed E-state index contributed by atoms with van der Waals surface area (Å²) in [7, 11) is 1.85. The van der Waals surface area contributed by atoms with Crippen molar-refractivity contribution < 1.29 is 14.7 Å². The molecule has 0 aromatic heterocycles. The van der Waals surface area contributed by atoms with Crippen LogP contribution < -0.4 is 10.2 Å². The second-order valence-corrected chi connectivity index (χ2v) is 5.20. The van der Waals surface area contributed by atoms with E-state index in [4.69, 9.17) is 5.11 Å². The van der Waals surface area contributed by atoms with Crippen molar-refractivity contribution in [1.82, 2.24) is 0 Å². The first kappa shape index (κ1) is 12.4. The number of anilines is 2. The van der Waals surface area contributed by atoms with Crippen LogP contribution in [0.4, 0.5) is 11.4 Å². The van der Waals surface area contributed by atoms with Gasteiger partial charge in [-0.25, -0.2) is 4.79 Å². The van der Waals surface area contributed by atoms with Crippen molar-refractivity contribution >= 4 is 23.3 Å². The average Bonchev–Trinajstić information content (AvgIpc) is 2.35. The number of nitrogens with zero attached hydrogens (tertiary/aromatic N) is 1. The first-order valence-corrected chi connectivity index (χ1v) is 5.72. The minimum absolute atomic E-state index is 0.116. The fourth-order valence-corrected chi connectivity index (χ4v) is 2.20. The van der Waals surface area contributed by atoms with Crippen LogP contribution in [0.3, 0.4) is 0 Å². The van der Waals surface area contributed by atoms with Gasteiger partial charge in [-0.2, -0.15) is 0 Å². The minimum atomic E-state index is -1.04. The Labute approximate surface area is 105 Å². The lowest BCUT2D eigenvalue weighted by molar-refractivity contribution is -0.123. The number of carboxylic acids is 1. The van der Waals surface area contributed by atoms with Crippen LogP contribution in [0.25, 0.3) is 0 Å². The Morgan fingerprint density at radius 3 is 2.72 bits per heavy atom. The molecule has 5 nitrogen and oxygen atoms in total. The fourth-order valence-electron chi connectivity index (χ4n) is 2.20. The molecule has 1 amide bonds. The van der Waals surface area contributed by atoms with E-state index in [0.717, 1.165) is 5.69 Å². The van der Waals surface area contributed by atoms with Crippen LogP contribution in [-0.4, -0.2) is 30.6 Å². The third kappa shape index (κ3) is 1.92. The van der Waals surface area contributed by atoms with E-state index < -0.39 is 11.4 Å². The summed E-state index contributed by atoms with van der Waals surface area (Å²) in [5, 5.41) is 11.9. The van der Waals surface area contributed by atoms with E-state index in [1.54, 1.807) is 6.07 Å². The maximum absolute atomic E-state index is 12.1. The molecule has 0 saturated carbocycles. The van der Waals surface area contributed by atoms with E-state index in [1.165, 1.54) is 6.07 Å². The number of carboxylic acid groups (broad SMARTS) is 1. The molecule has 1 aromatic carbocycles. The van der Waals surface area contributed by atoms with Gasteiger partial charge in [0.05, 0.1) is 22.4 Å². The molecule has 1 aliphatic heterocycles. The van der Waals surface area contributed by atoms with Crippen LogP contribution in [0, 0.1) is 5.41 Å². The Kier molecular flexibility index (Phi) is 2.77. The van der Waals surface area contributed by atoms with Crippen molar-refractivity contribution in [2.75, 3.05) is 23.8 Å². The summed E-state index contributed by atoms with van der Waals surface area (Å²) in [6.45, 7) is 4.21. The molecule has 0 bridgehead atoms. The topological polar surface area (TPSA) is 69.6 Å². The fraction of sp³-hybridized carbons (Fsp3) is 0.385. The monoisotopic (exact) mass is 248 g/mol. The van der Waals surface area contributed by atoms with Gasteiger partial charge >= 0.3 is 5.97 Å². The number of carbonyl (C=O) groups excluding carboxylic acids is 1. The Morgan fingerprint density at radius 1 is 1.44 bits per heavy atom. The lowest BCUT2D eigenvalue weighted by atomic mass is 9.92. The predicted molar refractivity (Wildman–Crippen MR) is 69.1 cm³/mol. The number of para-hydroxylation sites is 1. The molecule has 1 aliphatic rings. The van der Waals surface area contributed by atoms with E-state index >= 15 is 0 Å². The normalized spacial score (nSPS) is 17.7. The Hall–Kier alpha value is -2.04. The number of aromatic carboxylic acids is 1. The summed E-state index contributed by atoms with van der Waals surface area (Å²) in [6, 6.07) is 4.99. The summed E-state index contributed by atoms with van der Waals surface area (Å²) >= 11 is 0. The molecule has 5 heteroatoms. The van der Waals surface area contributed by atoms with Crippen LogP contribution in [0.1, 0.15) is 24.2 Å². The largest absolute Gasteiger partial charge is 0.478 e. The molecule has 0 radical (unpaired) electrons. The standard InChI is InChI=1S/C13H16N2O3/c1-13(2)7-15(3)9-6-4-5-8(11(16)17)10(9)14-12(13)18/h4-6H,7H2,1-3H3,(H,14,18)(H,16,17). The van der Waals surface area contributed by atoms with Crippen molar-refractivity contribution in [3.8, 4) is 0 Å². The summed E-state index contributed by atoms with van der Waals surface area (Å²) in [4.78, 5) is 25.2. The zero-order chi connectivity index (χ0) is 13.5. The first-order chi connectivity index (χ1) is 8.33. The molecule has 0 unspecified atom stereocenters. The summed E-state index contributed by atoms with van der Waals surface area (Å²) < 4.78 is 0. The molecule has 1 aromatic rings. The van der Waals surface area contributed by atoms with E-state index in [2.05, 4.69) is 5.32 Å². The molecule has 2 rings (SSSR count). The van der Waals surface area contributed by atoms with Crippen molar-refractivity contribution in [3.63, 3.8) is 0 Å². The first-order valence-electron chi connectivity index (χ1n) is 5.72. The maximum atomic E-state index is 12.1. The van der Waals surface area contributed by atoms with Gasteiger partial charge in [0.25, 0.3) is 0 Å². The van der Waals surface area contributed by atoms with Crippen LogP contribution in [-0.2, 0) is 4.79 Å². The Morgan fingerprint density at radius 2 is 2.11 bits per heavy atom. The van der Waals surface area contributed by atoms with Crippen molar-refractivity contribution in [2.45, 2.75) is 13.8 Å². The summed E-state index contributed by atoms with van der Waals surface area (Å²) in [6.07, 6.45) is 0. The second-order valence-electron chi connectivity index (χ2n) is 5.20. The molecule has 18 heavy (non-hydrogen) atoms. The zero-order valence-electron chi connectivity index (χ0n) is 10.7. The predicted octanol–water partition coefficient (Wildman–Crippen LogP) is 1.80. The SMILES string of the molecule is CN1CC(C)(C)C(=O)Nc2c(C(=O)O)cccc21. The van der Waals surface area contributed by atoms with Gasteiger partial charge in [-0.3, -0.25) is 4.79 Å². The van der Waals surface area contributed by atoms with Gasteiger partial charge < -0.3 is 15.3 Å². The highest BCUT2D eigenvalue weighted by molar-refractivity contribution is 6.07. The lowest BCUT2D eigenvalue weighted by Crippen LogP contribution is -2.37. The molecule has 0 fully saturated rings. The van der Waals surface area contributed by atoms with Gasteiger partial charge in [-0.1, -0.05) is 6.07 Å². The third-order valence-electron chi connectivity index (χ3n) is 3.17. The summed E-state index contributed by atoms with van der Waals surface area (Å²) in [5.41, 5.74) is 0.658. The van der Waals surface area contributed by atoms with Gasteiger partial charge in [0.1, 0.15) is 0 Å². The van der Waals surface area contributed by atoms with Gasteiger partial charge in [-0.15, -0.1) is 0 Å². The third-order valence-corrected chi connectivity index (χ3v) is 3.17. The number of hydrogen-bond donors (Lipinski definition) is 2.